The van der Waals surface area contributed by atoms with E-state index in [0.29, 0.717) is 22.9 Å². The molecule has 0 atom stereocenters. The van der Waals surface area contributed by atoms with Crippen LogP contribution >= 0.6 is 11.3 Å². The van der Waals surface area contributed by atoms with Crippen LogP contribution in [0.15, 0.2) is 55.4 Å². The first-order valence-corrected chi connectivity index (χ1v) is 12.6. The number of fused-ring (bicyclic) bond motifs is 1. The van der Waals surface area contributed by atoms with Gasteiger partial charge in [0.15, 0.2) is 0 Å². The second-order valence-corrected chi connectivity index (χ2v) is 10.1. The summed E-state index contributed by atoms with van der Waals surface area (Å²) >= 11 is 1.65. The Kier molecular flexibility index (Phi) is 8.00. The molecule has 1 amide bonds. The SMILES string of the molecule is C=CC(=O)Nc1cc(Nc2cc(-c3ccc4nc(C)sc4c3)ncn2)c(OC)cc1N(C)CCN(C)C. The summed E-state index contributed by atoms with van der Waals surface area (Å²) in [6, 6.07) is 11.7. The maximum atomic E-state index is 12.2. The summed E-state index contributed by atoms with van der Waals surface area (Å²) in [5, 5.41) is 7.28. The molecule has 0 saturated carbocycles. The van der Waals surface area contributed by atoms with Crippen molar-refractivity contribution < 1.29 is 9.53 Å². The van der Waals surface area contributed by atoms with Crippen molar-refractivity contribution in [2.45, 2.75) is 6.92 Å². The Morgan fingerprint density at radius 1 is 1.11 bits per heavy atom. The van der Waals surface area contributed by atoms with Gasteiger partial charge in [-0.05, 0) is 45.3 Å². The number of benzene rings is 2. The number of aryl methyl sites for hydroxylation is 1. The van der Waals surface area contributed by atoms with E-state index >= 15 is 0 Å². The van der Waals surface area contributed by atoms with Crippen molar-refractivity contribution >= 4 is 50.3 Å². The van der Waals surface area contributed by atoms with Crippen molar-refractivity contribution in [1.29, 1.82) is 0 Å². The Bertz CT molecular complexity index is 1430. The number of hydrogen-bond donors (Lipinski definition) is 2. The fraction of sp³-hybridized carbons (Fsp3) is 0.259. The minimum absolute atomic E-state index is 0.295. The lowest BCUT2D eigenvalue weighted by atomic mass is 10.1. The van der Waals surface area contributed by atoms with E-state index in [4.69, 9.17) is 4.74 Å². The number of amides is 1. The van der Waals surface area contributed by atoms with Gasteiger partial charge in [-0.1, -0.05) is 12.6 Å². The van der Waals surface area contributed by atoms with Crippen LogP contribution in [-0.2, 0) is 4.79 Å². The van der Waals surface area contributed by atoms with Crippen LogP contribution in [0.2, 0.25) is 0 Å². The van der Waals surface area contributed by atoms with E-state index in [9.17, 15) is 4.79 Å². The van der Waals surface area contributed by atoms with Crippen LogP contribution < -0.4 is 20.3 Å². The van der Waals surface area contributed by atoms with E-state index in [2.05, 4.69) is 48.0 Å². The number of anilines is 4. The molecule has 9 nitrogen and oxygen atoms in total. The van der Waals surface area contributed by atoms with E-state index in [1.165, 1.54) is 12.4 Å². The third-order valence-electron chi connectivity index (χ3n) is 5.78. The number of methoxy groups -OCH3 is 1. The highest BCUT2D eigenvalue weighted by molar-refractivity contribution is 7.18. The molecule has 2 heterocycles. The number of likely N-dealkylation sites (N-methyl/N-ethyl adjacent to an activating group) is 2. The van der Waals surface area contributed by atoms with Gasteiger partial charge in [0.05, 0.1) is 45.1 Å². The van der Waals surface area contributed by atoms with Crippen molar-refractivity contribution in [2.24, 2.45) is 0 Å². The van der Waals surface area contributed by atoms with Gasteiger partial charge in [0.2, 0.25) is 5.91 Å². The van der Waals surface area contributed by atoms with Crippen LogP contribution in [0.5, 0.6) is 5.75 Å². The first-order valence-electron chi connectivity index (χ1n) is 11.8. The van der Waals surface area contributed by atoms with E-state index in [1.807, 2.05) is 58.4 Å². The summed E-state index contributed by atoms with van der Waals surface area (Å²) < 4.78 is 6.82. The number of aromatic nitrogens is 3. The summed E-state index contributed by atoms with van der Waals surface area (Å²) in [5.41, 5.74) is 4.86. The number of rotatable bonds is 10. The van der Waals surface area contributed by atoms with E-state index in [1.54, 1.807) is 18.4 Å². The molecule has 4 rings (SSSR count). The summed E-state index contributed by atoms with van der Waals surface area (Å²) in [5.74, 6) is 0.917. The zero-order chi connectivity index (χ0) is 26.5. The normalized spacial score (nSPS) is 11.0. The van der Waals surface area contributed by atoms with Crippen LogP contribution in [0.4, 0.5) is 22.9 Å². The van der Waals surface area contributed by atoms with E-state index in [0.717, 1.165) is 45.3 Å². The predicted molar refractivity (Wildman–Crippen MR) is 152 cm³/mol. The van der Waals surface area contributed by atoms with Gasteiger partial charge in [-0.25, -0.2) is 15.0 Å². The van der Waals surface area contributed by atoms with Crippen molar-refractivity contribution in [3.8, 4) is 17.0 Å². The van der Waals surface area contributed by atoms with Gasteiger partial charge < -0.3 is 25.2 Å². The molecule has 0 aliphatic carbocycles. The quantitative estimate of drug-likeness (QED) is 0.286. The number of thiazole rings is 1. The lowest BCUT2D eigenvalue weighted by Gasteiger charge is -2.26. The Hall–Kier alpha value is -4.02. The zero-order valence-corrected chi connectivity index (χ0v) is 22.5. The number of carbonyl (C=O) groups excluding carboxylic acids is 1. The molecule has 0 bridgehead atoms. The van der Waals surface area contributed by atoms with Crippen molar-refractivity contribution in [3.63, 3.8) is 0 Å². The molecule has 0 fully saturated rings. The molecular weight excluding hydrogens is 486 g/mol. The fourth-order valence-corrected chi connectivity index (χ4v) is 4.69. The minimum atomic E-state index is -0.295. The maximum Gasteiger partial charge on any atom is 0.247 e. The Morgan fingerprint density at radius 2 is 1.92 bits per heavy atom. The highest BCUT2D eigenvalue weighted by atomic mass is 32.1. The number of nitrogens with zero attached hydrogens (tertiary/aromatic N) is 5. The predicted octanol–water partition coefficient (Wildman–Crippen LogP) is 4.94. The largest absolute Gasteiger partial charge is 0.494 e. The fourth-order valence-electron chi connectivity index (χ4n) is 3.83. The molecule has 0 spiro atoms. The van der Waals surface area contributed by atoms with Crippen LogP contribution in [0.1, 0.15) is 5.01 Å². The Balaban J connectivity index is 1.67. The molecule has 192 valence electrons. The number of carbonyl (C=O) groups is 1. The first-order chi connectivity index (χ1) is 17.8. The molecule has 2 aromatic heterocycles. The average molecular weight is 518 g/mol. The van der Waals surface area contributed by atoms with E-state index in [-0.39, 0.29) is 5.91 Å². The standard InChI is InChI=1S/C27H31N7O2S/c1-7-27(35)32-21-13-22(24(36-6)15-23(21)34(5)11-10-33(3)4)31-26-14-20(28-16-29-26)18-8-9-19-25(12-18)37-17(2)30-19/h7-9,12-16H,1,10-11H2,2-6H3,(H,32,35)(H,28,29,31). The molecule has 2 aromatic carbocycles. The average Bonchev–Trinajstić information content (AvgIpc) is 3.26. The second kappa shape index (κ2) is 11.4. The van der Waals surface area contributed by atoms with Crippen molar-refractivity contribution in [3.05, 3.63) is 60.4 Å². The molecule has 0 radical (unpaired) electrons. The van der Waals surface area contributed by atoms with Gasteiger partial charge in [0.25, 0.3) is 0 Å². The van der Waals surface area contributed by atoms with Gasteiger partial charge >= 0.3 is 0 Å². The molecule has 0 unspecified atom stereocenters. The van der Waals surface area contributed by atoms with Crippen LogP contribution in [0.25, 0.3) is 21.5 Å². The first kappa shape index (κ1) is 26.1. The van der Waals surface area contributed by atoms with Gasteiger partial charge in [-0.15, -0.1) is 11.3 Å². The highest BCUT2D eigenvalue weighted by Crippen LogP contribution is 2.38. The molecule has 37 heavy (non-hydrogen) atoms. The lowest BCUT2D eigenvalue weighted by molar-refractivity contribution is -0.111. The minimum Gasteiger partial charge on any atom is -0.494 e. The Labute approximate surface area is 220 Å². The third-order valence-corrected chi connectivity index (χ3v) is 6.71. The molecule has 0 saturated heterocycles. The summed E-state index contributed by atoms with van der Waals surface area (Å²) in [7, 11) is 7.64. The smallest absolute Gasteiger partial charge is 0.247 e. The van der Waals surface area contributed by atoms with Gasteiger partial charge in [0.1, 0.15) is 17.9 Å². The van der Waals surface area contributed by atoms with E-state index < -0.39 is 0 Å². The molecule has 10 heteroatoms. The topological polar surface area (TPSA) is 95.5 Å². The molecule has 0 aliphatic heterocycles. The third kappa shape index (κ3) is 6.22. The zero-order valence-electron chi connectivity index (χ0n) is 21.7. The van der Waals surface area contributed by atoms with Gasteiger partial charge in [-0.3, -0.25) is 4.79 Å². The van der Waals surface area contributed by atoms with Gasteiger partial charge in [-0.2, -0.15) is 0 Å². The second-order valence-electron chi connectivity index (χ2n) is 8.82. The lowest BCUT2D eigenvalue weighted by Crippen LogP contribution is -2.29. The van der Waals surface area contributed by atoms with Gasteiger partial charge in [0, 0.05) is 37.8 Å². The Morgan fingerprint density at radius 3 is 2.65 bits per heavy atom. The number of nitrogens with one attached hydrogen (secondary N) is 2. The molecule has 4 aromatic rings. The molecule has 0 aliphatic rings. The monoisotopic (exact) mass is 517 g/mol. The van der Waals surface area contributed by atoms with Crippen LogP contribution in [0.3, 0.4) is 0 Å². The summed E-state index contributed by atoms with van der Waals surface area (Å²) in [4.78, 5) is 29.8. The number of ether oxygens (including phenoxy) is 1. The van der Waals surface area contributed by atoms with Crippen LogP contribution in [0, 0.1) is 6.92 Å². The summed E-state index contributed by atoms with van der Waals surface area (Å²) in [6.07, 6.45) is 2.77. The highest BCUT2D eigenvalue weighted by Gasteiger charge is 2.16. The van der Waals surface area contributed by atoms with Crippen LogP contribution in [-0.4, -0.2) is 67.1 Å². The molecule has 2 N–H and O–H groups in total. The maximum absolute atomic E-state index is 12.2. The molecular formula is C27H31N7O2S. The van der Waals surface area contributed by atoms with Crippen molar-refractivity contribution in [2.75, 3.05) is 56.9 Å². The number of hydrogen-bond acceptors (Lipinski definition) is 9. The van der Waals surface area contributed by atoms with Crippen molar-refractivity contribution in [1.82, 2.24) is 19.9 Å². The summed E-state index contributed by atoms with van der Waals surface area (Å²) in [6.45, 7) is 7.20.